The van der Waals surface area contributed by atoms with Gasteiger partial charge in [-0.1, -0.05) is 13.3 Å². The Morgan fingerprint density at radius 3 is 2.96 bits per heavy atom. The summed E-state index contributed by atoms with van der Waals surface area (Å²) in [4.78, 5) is 28.7. The van der Waals surface area contributed by atoms with Crippen LogP contribution in [0, 0.1) is 17.8 Å². The van der Waals surface area contributed by atoms with Gasteiger partial charge in [0.1, 0.15) is 10.7 Å². The lowest BCUT2D eigenvalue weighted by atomic mass is 9.84. The molecule has 5 nitrogen and oxygen atoms in total. The number of carbonyl (C=O) groups excluding carboxylic acids is 2. The maximum Gasteiger partial charge on any atom is 0.263 e. The number of hydrogen-bond acceptors (Lipinski definition) is 5. The van der Waals surface area contributed by atoms with Crippen molar-refractivity contribution in [2.75, 3.05) is 12.3 Å². The van der Waals surface area contributed by atoms with Crippen molar-refractivity contribution in [1.29, 1.82) is 0 Å². The second kappa shape index (κ2) is 7.87. The van der Waals surface area contributed by atoms with Gasteiger partial charge in [-0.25, -0.2) is 4.98 Å². The molecule has 7 heteroatoms. The van der Waals surface area contributed by atoms with E-state index >= 15 is 0 Å². The van der Waals surface area contributed by atoms with Crippen LogP contribution in [0.2, 0.25) is 0 Å². The summed E-state index contributed by atoms with van der Waals surface area (Å²) in [5, 5.41) is 2.89. The Labute approximate surface area is 149 Å². The first-order valence-corrected chi connectivity index (χ1v) is 10.9. The third kappa shape index (κ3) is 3.77. The van der Waals surface area contributed by atoms with Crippen LogP contribution in [-0.4, -0.2) is 33.2 Å². The zero-order valence-corrected chi connectivity index (χ0v) is 15.6. The molecule has 4 atom stereocenters. The topological polar surface area (TPSA) is 76.1 Å². The Hall–Kier alpha value is -1.08. The number of hydrogen-bond donors (Lipinski definition) is 1. The minimum absolute atomic E-state index is 0.150. The number of unbranched alkanes of at least 4 members (excludes halogenated alkanes) is 1. The van der Waals surface area contributed by atoms with Gasteiger partial charge < -0.3 is 5.32 Å². The van der Waals surface area contributed by atoms with Gasteiger partial charge in [0, 0.05) is 24.1 Å². The maximum absolute atomic E-state index is 12.1. The summed E-state index contributed by atoms with van der Waals surface area (Å²) >= 11 is 1.20. The summed E-state index contributed by atoms with van der Waals surface area (Å²) in [6.07, 6.45) is 7.79. The molecule has 3 rings (SSSR count). The van der Waals surface area contributed by atoms with Gasteiger partial charge in [-0.3, -0.25) is 13.8 Å². The van der Waals surface area contributed by atoms with Crippen LogP contribution in [0.15, 0.2) is 10.5 Å². The summed E-state index contributed by atoms with van der Waals surface area (Å²) < 4.78 is 12.2. The SMILES string of the molecule is CCS(=O)c1ncc(C(=O)NCCCCC2C(=O)C3CCC2C3)s1. The molecule has 2 saturated carbocycles. The van der Waals surface area contributed by atoms with Crippen LogP contribution in [0.3, 0.4) is 0 Å². The predicted molar refractivity (Wildman–Crippen MR) is 94.6 cm³/mol. The van der Waals surface area contributed by atoms with E-state index in [9.17, 15) is 13.8 Å². The summed E-state index contributed by atoms with van der Waals surface area (Å²) in [5.41, 5.74) is 0. The number of aromatic nitrogens is 1. The first-order valence-electron chi connectivity index (χ1n) is 8.76. The highest BCUT2D eigenvalue weighted by molar-refractivity contribution is 7.87. The first kappa shape index (κ1) is 17.7. The van der Waals surface area contributed by atoms with Crippen molar-refractivity contribution >= 4 is 33.8 Å². The average molecular weight is 369 g/mol. The molecule has 2 aliphatic carbocycles. The van der Waals surface area contributed by atoms with E-state index in [2.05, 4.69) is 10.3 Å². The van der Waals surface area contributed by atoms with Crippen molar-refractivity contribution in [3.63, 3.8) is 0 Å². The number of fused-ring (bicyclic) bond motifs is 2. The molecular formula is C17H24N2O3S2. The smallest absolute Gasteiger partial charge is 0.263 e. The zero-order chi connectivity index (χ0) is 17.1. The van der Waals surface area contributed by atoms with E-state index in [1.165, 1.54) is 24.0 Å². The van der Waals surface area contributed by atoms with E-state index in [1.807, 2.05) is 6.92 Å². The zero-order valence-electron chi connectivity index (χ0n) is 14.0. The Balaban J connectivity index is 1.36. The second-order valence-corrected chi connectivity index (χ2v) is 9.60. The largest absolute Gasteiger partial charge is 0.351 e. The second-order valence-electron chi connectivity index (χ2n) is 6.66. The highest BCUT2D eigenvalue weighted by Gasteiger charge is 2.45. The lowest BCUT2D eigenvalue weighted by Crippen LogP contribution is -2.25. The van der Waals surface area contributed by atoms with Crippen molar-refractivity contribution < 1.29 is 13.8 Å². The number of ketones is 1. The number of nitrogens with zero attached hydrogens (tertiary/aromatic N) is 1. The lowest BCUT2D eigenvalue weighted by molar-refractivity contribution is -0.126. The number of carbonyl (C=O) groups is 2. The fraction of sp³-hybridized carbons (Fsp3) is 0.706. The van der Waals surface area contributed by atoms with E-state index in [1.54, 1.807) is 0 Å². The van der Waals surface area contributed by atoms with Crippen molar-refractivity contribution in [2.24, 2.45) is 17.8 Å². The Kier molecular flexibility index (Phi) is 5.81. The number of amides is 1. The van der Waals surface area contributed by atoms with Gasteiger partial charge in [0.15, 0.2) is 4.34 Å². The third-order valence-electron chi connectivity index (χ3n) is 5.20. The maximum atomic E-state index is 12.1. The quantitative estimate of drug-likeness (QED) is 0.716. The Morgan fingerprint density at radius 1 is 1.42 bits per heavy atom. The van der Waals surface area contributed by atoms with Crippen LogP contribution in [0.1, 0.15) is 55.1 Å². The van der Waals surface area contributed by atoms with Gasteiger partial charge in [-0.2, -0.15) is 0 Å². The Bertz CT molecular complexity index is 644. The van der Waals surface area contributed by atoms with Gasteiger partial charge in [0.2, 0.25) is 0 Å². The molecule has 2 fully saturated rings. The molecule has 0 aliphatic heterocycles. The minimum Gasteiger partial charge on any atom is -0.351 e. The summed E-state index contributed by atoms with van der Waals surface area (Å²) in [5.74, 6) is 2.13. The van der Waals surface area contributed by atoms with Crippen LogP contribution in [-0.2, 0) is 15.6 Å². The van der Waals surface area contributed by atoms with E-state index < -0.39 is 10.8 Å². The van der Waals surface area contributed by atoms with Crippen molar-refractivity contribution in [3.8, 4) is 0 Å². The third-order valence-corrected chi connectivity index (χ3v) is 7.82. The predicted octanol–water partition coefficient (Wildman–Crippen LogP) is 2.79. The molecule has 1 N–H and O–H groups in total. The Morgan fingerprint density at radius 2 is 2.25 bits per heavy atom. The van der Waals surface area contributed by atoms with Gasteiger partial charge in [-0.05, 0) is 38.0 Å². The molecule has 1 amide bonds. The molecule has 1 aromatic heterocycles. The molecular weight excluding hydrogens is 344 g/mol. The van der Waals surface area contributed by atoms with E-state index in [-0.39, 0.29) is 11.8 Å². The number of thiazole rings is 1. The first-order chi connectivity index (χ1) is 11.6. The van der Waals surface area contributed by atoms with Gasteiger partial charge in [0.05, 0.1) is 17.0 Å². The molecule has 0 saturated heterocycles. The van der Waals surface area contributed by atoms with Crippen LogP contribution < -0.4 is 5.32 Å². The summed E-state index contributed by atoms with van der Waals surface area (Å²) in [7, 11) is -1.11. The van der Waals surface area contributed by atoms with Crippen LogP contribution >= 0.6 is 11.3 Å². The monoisotopic (exact) mass is 368 g/mol. The summed E-state index contributed by atoms with van der Waals surface area (Å²) in [6.45, 7) is 2.44. The van der Waals surface area contributed by atoms with E-state index in [0.29, 0.717) is 39.1 Å². The molecule has 0 aromatic carbocycles. The molecule has 0 spiro atoms. The highest BCUT2D eigenvalue weighted by atomic mass is 32.2. The van der Waals surface area contributed by atoms with E-state index in [4.69, 9.17) is 0 Å². The van der Waals surface area contributed by atoms with E-state index in [0.717, 1.165) is 32.1 Å². The normalized spacial score (nSPS) is 26.7. The molecule has 1 heterocycles. The minimum atomic E-state index is -1.11. The molecule has 0 radical (unpaired) electrons. The number of rotatable bonds is 8. The van der Waals surface area contributed by atoms with Crippen molar-refractivity contribution in [3.05, 3.63) is 11.1 Å². The van der Waals surface area contributed by atoms with Gasteiger partial charge in [-0.15, -0.1) is 11.3 Å². The standard InChI is InChI=1S/C17H24N2O3S2/c1-2-24(22)17-19-10-14(23-17)16(21)18-8-4-3-5-13-11-6-7-12(9-11)15(13)20/h10-13H,2-9H2,1H3,(H,18,21). The fourth-order valence-corrected chi connectivity index (χ4v) is 5.90. The molecule has 4 unspecified atom stereocenters. The number of Topliss-reactive ketones (excluding diaryl/α,β-unsaturated/α-hetero) is 1. The summed E-state index contributed by atoms with van der Waals surface area (Å²) in [6, 6.07) is 0. The molecule has 2 aliphatic rings. The van der Waals surface area contributed by atoms with Crippen LogP contribution in [0.5, 0.6) is 0 Å². The lowest BCUT2D eigenvalue weighted by Gasteiger charge is -2.20. The van der Waals surface area contributed by atoms with Crippen molar-refractivity contribution in [2.45, 2.75) is 49.8 Å². The average Bonchev–Trinajstić information content (AvgIpc) is 3.30. The molecule has 24 heavy (non-hydrogen) atoms. The molecule has 132 valence electrons. The fourth-order valence-electron chi connectivity index (χ4n) is 3.92. The van der Waals surface area contributed by atoms with Crippen molar-refractivity contribution in [1.82, 2.24) is 10.3 Å². The van der Waals surface area contributed by atoms with Gasteiger partial charge >= 0.3 is 0 Å². The number of nitrogens with one attached hydrogen (secondary N) is 1. The highest BCUT2D eigenvalue weighted by Crippen LogP contribution is 2.47. The van der Waals surface area contributed by atoms with Crippen LogP contribution in [0.4, 0.5) is 0 Å². The van der Waals surface area contributed by atoms with Crippen LogP contribution in [0.25, 0.3) is 0 Å². The molecule has 2 bridgehead atoms. The van der Waals surface area contributed by atoms with Gasteiger partial charge in [0.25, 0.3) is 5.91 Å². The molecule has 1 aromatic rings.